The van der Waals surface area contributed by atoms with Crippen LogP contribution in [-0.4, -0.2) is 25.1 Å². The standard InChI is InChI=1S/C11H12F3NO2/c1-7-8(10(16)15(2)17-3)5-4-6-9(7)11(12,13)14/h4-6H,1-3H3. The van der Waals surface area contributed by atoms with Crippen molar-refractivity contribution in [1.82, 2.24) is 5.06 Å². The molecule has 0 aromatic heterocycles. The van der Waals surface area contributed by atoms with Gasteiger partial charge in [0, 0.05) is 12.6 Å². The van der Waals surface area contributed by atoms with Crippen LogP contribution in [0.15, 0.2) is 18.2 Å². The first kappa shape index (κ1) is 13.5. The summed E-state index contributed by atoms with van der Waals surface area (Å²) in [5.41, 5.74) is -0.939. The lowest BCUT2D eigenvalue weighted by atomic mass is 10.0. The highest BCUT2D eigenvalue weighted by molar-refractivity contribution is 5.95. The fourth-order valence-electron chi connectivity index (χ4n) is 1.43. The van der Waals surface area contributed by atoms with Gasteiger partial charge in [-0.25, -0.2) is 5.06 Å². The maximum absolute atomic E-state index is 12.6. The van der Waals surface area contributed by atoms with Crippen molar-refractivity contribution >= 4 is 5.91 Å². The zero-order valence-corrected chi connectivity index (χ0v) is 9.63. The van der Waals surface area contributed by atoms with Crippen molar-refractivity contribution in [3.05, 3.63) is 34.9 Å². The fourth-order valence-corrected chi connectivity index (χ4v) is 1.43. The molecule has 0 fully saturated rings. The normalized spacial score (nSPS) is 11.4. The van der Waals surface area contributed by atoms with Crippen LogP contribution in [0.1, 0.15) is 21.5 Å². The van der Waals surface area contributed by atoms with Crippen LogP contribution in [0.25, 0.3) is 0 Å². The number of carbonyl (C=O) groups excluding carboxylic acids is 1. The van der Waals surface area contributed by atoms with Crippen molar-refractivity contribution in [2.24, 2.45) is 0 Å². The quantitative estimate of drug-likeness (QED) is 0.752. The lowest BCUT2D eigenvalue weighted by Crippen LogP contribution is -2.26. The summed E-state index contributed by atoms with van der Waals surface area (Å²) in [7, 11) is 2.60. The zero-order chi connectivity index (χ0) is 13.2. The summed E-state index contributed by atoms with van der Waals surface area (Å²) < 4.78 is 37.9. The molecule has 0 atom stereocenters. The first-order valence-corrected chi connectivity index (χ1v) is 4.78. The molecular formula is C11H12F3NO2. The second kappa shape index (κ2) is 4.75. The lowest BCUT2D eigenvalue weighted by Gasteiger charge is -2.17. The van der Waals surface area contributed by atoms with E-state index < -0.39 is 17.6 Å². The van der Waals surface area contributed by atoms with Crippen LogP contribution in [-0.2, 0) is 11.0 Å². The van der Waals surface area contributed by atoms with E-state index in [1.165, 1.54) is 33.2 Å². The van der Waals surface area contributed by atoms with Gasteiger partial charge in [-0.1, -0.05) is 6.07 Å². The van der Waals surface area contributed by atoms with E-state index in [-0.39, 0.29) is 11.1 Å². The minimum Gasteiger partial charge on any atom is -0.274 e. The Kier molecular flexibility index (Phi) is 3.77. The zero-order valence-electron chi connectivity index (χ0n) is 9.63. The van der Waals surface area contributed by atoms with E-state index in [1.807, 2.05) is 0 Å². The summed E-state index contributed by atoms with van der Waals surface area (Å²) in [6.07, 6.45) is -4.47. The number of benzene rings is 1. The van der Waals surface area contributed by atoms with Gasteiger partial charge < -0.3 is 0 Å². The highest BCUT2D eigenvalue weighted by Crippen LogP contribution is 2.33. The summed E-state index contributed by atoms with van der Waals surface area (Å²) in [6.45, 7) is 1.26. The molecule has 3 nitrogen and oxygen atoms in total. The molecule has 94 valence electrons. The Bertz CT molecular complexity index is 429. The summed E-state index contributed by atoms with van der Waals surface area (Å²) in [5.74, 6) is -0.615. The Morgan fingerprint density at radius 1 is 1.35 bits per heavy atom. The molecule has 0 heterocycles. The average molecular weight is 247 g/mol. The SMILES string of the molecule is CON(C)C(=O)c1cccc(C(F)(F)F)c1C. The molecular weight excluding hydrogens is 235 g/mol. The van der Waals surface area contributed by atoms with Gasteiger partial charge in [-0.15, -0.1) is 0 Å². The molecule has 0 N–H and O–H groups in total. The van der Waals surface area contributed by atoms with Crippen LogP contribution in [0, 0.1) is 6.92 Å². The highest BCUT2D eigenvalue weighted by Gasteiger charge is 2.33. The first-order valence-electron chi connectivity index (χ1n) is 4.78. The molecule has 1 amide bonds. The molecule has 0 unspecified atom stereocenters. The third-order valence-corrected chi connectivity index (χ3v) is 2.43. The van der Waals surface area contributed by atoms with Crippen LogP contribution < -0.4 is 0 Å². The molecule has 0 saturated carbocycles. The van der Waals surface area contributed by atoms with E-state index in [4.69, 9.17) is 0 Å². The van der Waals surface area contributed by atoms with Gasteiger partial charge in [-0.05, 0) is 24.6 Å². The average Bonchev–Trinajstić information content (AvgIpc) is 2.25. The predicted molar refractivity (Wildman–Crippen MR) is 55.3 cm³/mol. The number of halogens is 3. The Morgan fingerprint density at radius 2 is 1.94 bits per heavy atom. The van der Waals surface area contributed by atoms with Crippen LogP contribution in [0.2, 0.25) is 0 Å². The van der Waals surface area contributed by atoms with Gasteiger partial charge in [0.2, 0.25) is 0 Å². The number of hydrogen-bond donors (Lipinski definition) is 0. The topological polar surface area (TPSA) is 29.5 Å². The third-order valence-electron chi connectivity index (χ3n) is 2.43. The molecule has 1 rings (SSSR count). The van der Waals surface area contributed by atoms with Crippen molar-refractivity contribution in [1.29, 1.82) is 0 Å². The van der Waals surface area contributed by atoms with E-state index in [9.17, 15) is 18.0 Å². The van der Waals surface area contributed by atoms with Crippen LogP contribution in [0.5, 0.6) is 0 Å². The Labute approximate surface area is 96.7 Å². The molecule has 0 aliphatic carbocycles. The number of amides is 1. The van der Waals surface area contributed by atoms with Crippen molar-refractivity contribution in [2.75, 3.05) is 14.2 Å². The Balaban J connectivity index is 3.24. The monoisotopic (exact) mass is 247 g/mol. The molecule has 0 saturated heterocycles. The minimum absolute atomic E-state index is 0.0239. The first-order chi connectivity index (χ1) is 7.79. The minimum atomic E-state index is -4.47. The molecule has 1 aromatic carbocycles. The van der Waals surface area contributed by atoms with E-state index in [0.29, 0.717) is 0 Å². The van der Waals surface area contributed by atoms with Crippen molar-refractivity contribution in [3.63, 3.8) is 0 Å². The van der Waals surface area contributed by atoms with Gasteiger partial charge in [0.25, 0.3) is 5.91 Å². The van der Waals surface area contributed by atoms with Crippen molar-refractivity contribution < 1.29 is 22.8 Å². The number of alkyl halides is 3. The molecule has 0 spiro atoms. The van der Waals surface area contributed by atoms with E-state index in [1.54, 1.807) is 0 Å². The number of carbonyl (C=O) groups is 1. The fraction of sp³-hybridized carbons (Fsp3) is 0.364. The van der Waals surface area contributed by atoms with Gasteiger partial charge in [0.1, 0.15) is 0 Å². The van der Waals surface area contributed by atoms with Crippen molar-refractivity contribution in [2.45, 2.75) is 13.1 Å². The molecule has 0 aliphatic heterocycles. The molecule has 0 radical (unpaired) electrons. The maximum atomic E-state index is 12.6. The molecule has 17 heavy (non-hydrogen) atoms. The van der Waals surface area contributed by atoms with Crippen LogP contribution in [0.3, 0.4) is 0 Å². The van der Waals surface area contributed by atoms with Crippen LogP contribution >= 0.6 is 0 Å². The number of rotatable bonds is 2. The number of hydrogen-bond acceptors (Lipinski definition) is 2. The second-order valence-corrected chi connectivity index (χ2v) is 3.46. The predicted octanol–water partition coefficient (Wildman–Crippen LogP) is 2.65. The summed E-state index contributed by atoms with van der Waals surface area (Å²) in [5, 5.41) is 0.877. The van der Waals surface area contributed by atoms with Gasteiger partial charge in [-0.3, -0.25) is 9.63 Å². The number of hydroxylamine groups is 2. The smallest absolute Gasteiger partial charge is 0.274 e. The highest BCUT2D eigenvalue weighted by atomic mass is 19.4. The molecule has 6 heteroatoms. The van der Waals surface area contributed by atoms with Gasteiger partial charge in [-0.2, -0.15) is 13.2 Å². The van der Waals surface area contributed by atoms with Gasteiger partial charge in [0.15, 0.2) is 0 Å². The third kappa shape index (κ3) is 2.76. The van der Waals surface area contributed by atoms with Gasteiger partial charge >= 0.3 is 6.18 Å². The maximum Gasteiger partial charge on any atom is 0.416 e. The summed E-state index contributed by atoms with van der Waals surface area (Å²) >= 11 is 0. The number of nitrogens with zero attached hydrogens (tertiary/aromatic N) is 1. The summed E-state index contributed by atoms with van der Waals surface area (Å²) in [4.78, 5) is 16.4. The van der Waals surface area contributed by atoms with Crippen LogP contribution in [0.4, 0.5) is 13.2 Å². The largest absolute Gasteiger partial charge is 0.416 e. The molecule has 0 aliphatic rings. The van der Waals surface area contributed by atoms with Crippen molar-refractivity contribution in [3.8, 4) is 0 Å². The lowest BCUT2D eigenvalue weighted by molar-refractivity contribution is -0.138. The summed E-state index contributed by atoms with van der Waals surface area (Å²) in [6, 6.07) is 3.48. The Hall–Kier alpha value is -1.56. The second-order valence-electron chi connectivity index (χ2n) is 3.46. The van der Waals surface area contributed by atoms with Gasteiger partial charge in [0.05, 0.1) is 12.7 Å². The van der Waals surface area contributed by atoms with E-state index >= 15 is 0 Å². The molecule has 0 bridgehead atoms. The van der Waals surface area contributed by atoms with E-state index in [2.05, 4.69) is 4.84 Å². The van der Waals surface area contributed by atoms with E-state index in [0.717, 1.165) is 11.1 Å². The molecule has 1 aromatic rings. The Morgan fingerprint density at radius 3 is 2.41 bits per heavy atom.